The highest BCUT2D eigenvalue weighted by Crippen LogP contribution is 2.31. The quantitative estimate of drug-likeness (QED) is 0.407. The number of benzene rings is 3. The molecule has 0 unspecified atom stereocenters. The Morgan fingerprint density at radius 1 is 0.939 bits per heavy atom. The Morgan fingerprint density at radius 2 is 1.64 bits per heavy atom. The van der Waals surface area contributed by atoms with Gasteiger partial charge in [-0.3, -0.25) is 4.90 Å². The number of fused-ring (bicyclic) bond motifs is 1. The van der Waals surface area contributed by atoms with Crippen molar-refractivity contribution < 1.29 is 9.90 Å². The van der Waals surface area contributed by atoms with E-state index in [4.69, 9.17) is 9.97 Å². The molecule has 1 N–H and O–H groups in total. The molecule has 0 radical (unpaired) electrons. The minimum Gasteiger partial charge on any atom is -0.478 e. The van der Waals surface area contributed by atoms with E-state index in [2.05, 4.69) is 36.1 Å². The number of nitrogens with zero attached hydrogens (tertiary/aromatic N) is 3. The minimum absolute atomic E-state index is 0.208. The number of hydrogen-bond donors (Lipinski definition) is 1. The van der Waals surface area contributed by atoms with Gasteiger partial charge < -0.3 is 5.11 Å². The molecule has 2 heterocycles. The zero-order chi connectivity index (χ0) is 22.8. The average Bonchev–Trinajstić information content (AvgIpc) is 3.31. The molecular formula is C28H27N3O2. The first-order chi connectivity index (χ1) is 16.1. The van der Waals surface area contributed by atoms with Crippen LogP contribution in [-0.4, -0.2) is 39.0 Å². The zero-order valence-corrected chi connectivity index (χ0v) is 18.7. The van der Waals surface area contributed by atoms with Gasteiger partial charge in [-0.25, -0.2) is 14.8 Å². The SMILES string of the molecule is CC[C@@H]1CCN(Cc2ccc(-c3nc4ccc(C(=O)O)cc4nc3-c3ccccc3)cc2)C1. The van der Waals surface area contributed by atoms with Crippen molar-refractivity contribution in [2.24, 2.45) is 5.92 Å². The largest absolute Gasteiger partial charge is 0.478 e. The molecule has 0 amide bonds. The van der Waals surface area contributed by atoms with Gasteiger partial charge in [0.15, 0.2) is 0 Å². The molecule has 33 heavy (non-hydrogen) atoms. The van der Waals surface area contributed by atoms with Gasteiger partial charge >= 0.3 is 5.97 Å². The van der Waals surface area contributed by atoms with E-state index in [1.165, 1.54) is 31.5 Å². The predicted molar refractivity (Wildman–Crippen MR) is 131 cm³/mol. The van der Waals surface area contributed by atoms with Crippen LogP contribution in [0.5, 0.6) is 0 Å². The summed E-state index contributed by atoms with van der Waals surface area (Å²) in [5.74, 6) is -0.143. The summed E-state index contributed by atoms with van der Waals surface area (Å²) in [6.45, 7) is 5.61. The van der Waals surface area contributed by atoms with Gasteiger partial charge in [0.1, 0.15) is 0 Å². The van der Waals surface area contributed by atoms with E-state index in [1.807, 2.05) is 30.3 Å². The van der Waals surface area contributed by atoms with Gasteiger partial charge in [0.25, 0.3) is 0 Å². The molecule has 5 rings (SSSR count). The summed E-state index contributed by atoms with van der Waals surface area (Å²) in [7, 11) is 0. The maximum atomic E-state index is 11.4. The molecule has 5 nitrogen and oxygen atoms in total. The second-order valence-electron chi connectivity index (χ2n) is 8.79. The third-order valence-corrected chi connectivity index (χ3v) is 6.54. The number of hydrogen-bond acceptors (Lipinski definition) is 4. The van der Waals surface area contributed by atoms with Crippen LogP contribution < -0.4 is 0 Å². The van der Waals surface area contributed by atoms with Crippen molar-refractivity contribution in [2.75, 3.05) is 13.1 Å². The molecule has 0 bridgehead atoms. The van der Waals surface area contributed by atoms with Crippen molar-refractivity contribution >= 4 is 17.0 Å². The maximum Gasteiger partial charge on any atom is 0.335 e. The van der Waals surface area contributed by atoms with Crippen LogP contribution >= 0.6 is 0 Å². The molecule has 0 spiro atoms. The summed E-state index contributed by atoms with van der Waals surface area (Å²) in [4.78, 5) is 23.7. The molecule has 0 saturated carbocycles. The monoisotopic (exact) mass is 437 g/mol. The van der Waals surface area contributed by atoms with E-state index in [9.17, 15) is 9.90 Å². The number of carboxylic acid groups (broad SMARTS) is 1. The molecule has 1 aromatic heterocycles. The Bertz CT molecular complexity index is 1290. The van der Waals surface area contributed by atoms with Crippen LogP contribution in [-0.2, 0) is 6.54 Å². The minimum atomic E-state index is -0.970. The predicted octanol–water partition coefficient (Wildman–Crippen LogP) is 5.89. The summed E-state index contributed by atoms with van der Waals surface area (Å²) in [6.07, 6.45) is 2.55. The first-order valence-corrected chi connectivity index (χ1v) is 11.5. The molecule has 1 aliphatic heterocycles. The van der Waals surface area contributed by atoms with E-state index < -0.39 is 5.97 Å². The highest BCUT2D eigenvalue weighted by atomic mass is 16.4. The van der Waals surface area contributed by atoms with Crippen LogP contribution in [0.25, 0.3) is 33.5 Å². The second kappa shape index (κ2) is 9.12. The van der Waals surface area contributed by atoms with E-state index >= 15 is 0 Å². The lowest BCUT2D eigenvalue weighted by molar-refractivity contribution is 0.0697. The van der Waals surface area contributed by atoms with Crippen molar-refractivity contribution in [2.45, 2.75) is 26.3 Å². The molecule has 1 atom stereocenters. The van der Waals surface area contributed by atoms with Gasteiger partial charge in [0.05, 0.1) is 28.0 Å². The Balaban J connectivity index is 1.52. The molecule has 3 aromatic carbocycles. The Morgan fingerprint density at radius 3 is 2.30 bits per heavy atom. The summed E-state index contributed by atoms with van der Waals surface area (Å²) in [5, 5.41) is 9.37. The van der Waals surface area contributed by atoms with Gasteiger partial charge in [-0.1, -0.05) is 67.9 Å². The highest BCUT2D eigenvalue weighted by Gasteiger charge is 2.21. The van der Waals surface area contributed by atoms with Gasteiger partial charge in [-0.15, -0.1) is 0 Å². The third kappa shape index (κ3) is 4.50. The Hall–Kier alpha value is -3.57. The topological polar surface area (TPSA) is 66.3 Å². The van der Waals surface area contributed by atoms with E-state index in [0.717, 1.165) is 35.0 Å². The molecule has 5 heteroatoms. The fourth-order valence-corrected chi connectivity index (χ4v) is 4.60. The maximum absolute atomic E-state index is 11.4. The number of aromatic carboxylic acids is 1. The van der Waals surface area contributed by atoms with Crippen LogP contribution in [0.15, 0.2) is 72.8 Å². The van der Waals surface area contributed by atoms with Gasteiger partial charge in [0.2, 0.25) is 0 Å². The molecule has 1 saturated heterocycles. The lowest BCUT2D eigenvalue weighted by atomic mass is 10.0. The van der Waals surface area contributed by atoms with E-state index in [-0.39, 0.29) is 5.56 Å². The average molecular weight is 438 g/mol. The summed E-state index contributed by atoms with van der Waals surface area (Å²) in [5.41, 5.74) is 6.28. The van der Waals surface area contributed by atoms with Crippen LogP contribution in [0.1, 0.15) is 35.7 Å². The fraction of sp³-hybridized carbons (Fsp3) is 0.250. The van der Waals surface area contributed by atoms with E-state index in [0.29, 0.717) is 11.0 Å². The fourth-order valence-electron chi connectivity index (χ4n) is 4.60. The summed E-state index contributed by atoms with van der Waals surface area (Å²) >= 11 is 0. The van der Waals surface area contributed by atoms with Gasteiger partial charge in [-0.05, 0) is 42.6 Å². The van der Waals surface area contributed by atoms with Crippen molar-refractivity contribution in [1.29, 1.82) is 0 Å². The zero-order valence-electron chi connectivity index (χ0n) is 18.7. The molecule has 166 valence electrons. The van der Waals surface area contributed by atoms with Crippen LogP contribution in [0.3, 0.4) is 0 Å². The molecule has 0 aliphatic carbocycles. The summed E-state index contributed by atoms with van der Waals surface area (Å²) < 4.78 is 0. The number of likely N-dealkylation sites (tertiary alicyclic amines) is 1. The molecule has 1 aliphatic rings. The van der Waals surface area contributed by atoms with Gasteiger partial charge in [0, 0.05) is 24.2 Å². The molecule has 4 aromatic rings. The molecule has 1 fully saturated rings. The first-order valence-electron chi connectivity index (χ1n) is 11.5. The third-order valence-electron chi connectivity index (χ3n) is 6.54. The van der Waals surface area contributed by atoms with E-state index in [1.54, 1.807) is 18.2 Å². The van der Waals surface area contributed by atoms with Crippen LogP contribution in [0.2, 0.25) is 0 Å². The van der Waals surface area contributed by atoms with Crippen molar-refractivity contribution in [3.63, 3.8) is 0 Å². The Kier molecular flexibility index (Phi) is 5.88. The smallest absolute Gasteiger partial charge is 0.335 e. The number of carboxylic acids is 1. The Labute approximate surface area is 193 Å². The lowest BCUT2D eigenvalue weighted by Crippen LogP contribution is -2.19. The number of aromatic nitrogens is 2. The first kappa shape index (κ1) is 21.3. The van der Waals surface area contributed by atoms with Crippen molar-refractivity contribution in [1.82, 2.24) is 14.9 Å². The lowest BCUT2D eigenvalue weighted by Gasteiger charge is -2.16. The van der Waals surface area contributed by atoms with Crippen LogP contribution in [0.4, 0.5) is 0 Å². The highest BCUT2D eigenvalue weighted by molar-refractivity contribution is 5.94. The molecular weight excluding hydrogens is 410 g/mol. The van der Waals surface area contributed by atoms with Crippen molar-refractivity contribution in [3.8, 4) is 22.5 Å². The normalized spacial score (nSPS) is 16.3. The number of rotatable bonds is 6. The van der Waals surface area contributed by atoms with Gasteiger partial charge in [-0.2, -0.15) is 0 Å². The van der Waals surface area contributed by atoms with Crippen molar-refractivity contribution in [3.05, 3.63) is 83.9 Å². The summed E-state index contributed by atoms with van der Waals surface area (Å²) in [6, 6.07) is 23.4. The number of carbonyl (C=O) groups is 1. The second-order valence-corrected chi connectivity index (χ2v) is 8.79. The standard InChI is InChI=1S/C28H27N3O2/c1-2-19-14-15-31(17-19)18-20-8-10-22(11-9-20)27-26(21-6-4-3-5-7-21)30-25-16-23(28(32)33)12-13-24(25)29-27/h3-13,16,19H,2,14-15,17-18H2,1H3,(H,32,33)/t19-/m1/s1. The van der Waals surface area contributed by atoms with Crippen LogP contribution in [0, 0.1) is 5.92 Å².